The van der Waals surface area contributed by atoms with Crippen LogP contribution < -0.4 is 0 Å². The van der Waals surface area contributed by atoms with Crippen molar-refractivity contribution in [1.29, 1.82) is 0 Å². The minimum Gasteiger partial charge on any atom is -0.478 e. The van der Waals surface area contributed by atoms with Gasteiger partial charge in [-0.2, -0.15) is 0 Å². The third-order valence-corrected chi connectivity index (χ3v) is 4.26. The quantitative estimate of drug-likeness (QED) is 0.871. The molecule has 1 aliphatic heterocycles. The molecule has 100 valence electrons. The van der Waals surface area contributed by atoms with Gasteiger partial charge in [-0.3, -0.25) is 4.90 Å². The maximum Gasteiger partial charge on any atom is 0.341 e. The highest BCUT2D eigenvalue weighted by molar-refractivity contribution is 5.88. The summed E-state index contributed by atoms with van der Waals surface area (Å²) in [4.78, 5) is 13.2. The summed E-state index contributed by atoms with van der Waals surface area (Å²) >= 11 is 0. The average molecular weight is 252 g/mol. The molecule has 2 heterocycles. The number of aromatic nitrogens is 1. The maximum absolute atomic E-state index is 11.0. The molecule has 2 rings (SSSR count). The van der Waals surface area contributed by atoms with Crippen molar-refractivity contribution in [1.82, 2.24) is 10.1 Å². The van der Waals surface area contributed by atoms with E-state index in [-0.39, 0.29) is 5.56 Å². The molecule has 0 spiro atoms. The van der Waals surface area contributed by atoms with Crippen LogP contribution in [-0.2, 0) is 6.54 Å². The number of aromatic carboxylic acids is 1. The lowest BCUT2D eigenvalue weighted by atomic mass is 9.82. The number of hydrogen-bond acceptors (Lipinski definition) is 4. The third kappa shape index (κ3) is 2.41. The van der Waals surface area contributed by atoms with E-state index in [1.165, 1.54) is 25.5 Å². The van der Waals surface area contributed by atoms with Crippen LogP contribution in [0.15, 0.2) is 10.7 Å². The molecule has 1 aromatic rings. The predicted molar refractivity (Wildman–Crippen MR) is 66.4 cm³/mol. The van der Waals surface area contributed by atoms with Crippen molar-refractivity contribution in [2.75, 3.05) is 13.1 Å². The van der Waals surface area contributed by atoms with Gasteiger partial charge in [-0.15, -0.1) is 0 Å². The highest BCUT2D eigenvalue weighted by Gasteiger charge is 2.35. The maximum atomic E-state index is 11.0. The van der Waals surface area contributed by atoms with E-state index in [0.717, 1.165) is 13.1 Å². The number of hydrogen-bond donors (Lipinski definition) is 1. The van der Waals surface area contributed by atoms with E-state index >= 15 is 0 Å². The van der Waals surface area contributed by atoms with Crippen LogP contribution in [0.2, 0.25) is 0 Å². The molecule has 0 atom stereocenters. The van der Waals surface area contributed by atoms with Gasteiger partial charge in [0, 0.05) is 6.54 Å². The van der Waals surface area contributed by atoms with E-state index in [1.54, 1.807) is 0 Å². The van der Waals surface area contributed by atoms with Gasteiger partial charge in [0.1, 0.15) is 5.56 Å². The van der Waals surface area contributed by atoms with Crippen molar-refractivity contribution in [2.24, 2.45) is 5.41 Å². The Bertz CT molecular complexity index is 424. The first-order valence-corrected chi connectivity index (χ1v) is 6.49. The number of carboxylic acid groups (broad SMARTS) is 1. The molecular weight excluding hydrogens is 232 g/mol. The van der Waals surface area contributed by atoms with Gasteiger partial charge in [0.05, 0.1) is 12.7 Å². The average Bonchev–Trinajstić information content (AvgIpc) is 2.97. The highest BCUT2D eigenvalue weighted by Crippen LogP contribution is 2.37. The summed E-state index contributed by atoms with van der Waals surface area (Å²) in [6, 6.07) is 0. The number of likely N-dealkylation sites (tertiary alicyclic amines) is 1. The van der Waals surface area contributed by atoms with Gasteiger partial charge in [-0.25, -0.2) is 4.79 Å². The molecule has 1 aromatic heterocycles. The van der Waals surface area contributed by atoms with Gasteiger partial charge in [0.15, 0.2) is 5.76 Å². The molecule has 1 saturated heterocycles. The molecule has 1 aliphatic rings. The molecule has 0 aromatic carbocycles. The molecule has 0 aliphatic carbocycles. The van der Waals surface area contributed by atoms with Gasteiger partial charge in [-0.05, 0) is 31.2 Å². The molecule has 5 heteroatoms. The minimum atomic E-state index is -0.970. The fraction of sp³-hybridized carbons (Fsp3) is 0.692. The Hall–Kier alpha value is -1.36. The van der Waals surface area contributed by atoms with Crippen LogP contribution in [0.25, 0.3) is 0 Å². The molecule has 5 nitrogen and oxygen atoms in total. The molecule has 0 unspecified atom stereocenters. The van der Waals surface area contributed by atoms with Crippen molar-refractivity contribution in [3.63, 3.8) is 0 Å². The summed E-state index contributed by atoms with van der Waals surface area (Å²) in [7, 11) is 0. The van der Waals surface area contributed by atoms with Crippen LogP contribution in [0.3, 0.4) is 0 Å². The van der Waals surface area contributed by atoms with E-state index in [2.05, 4.69) is 23.9 Å². The van der Waals surface area contributed by atoms with E-state index < -0.39 is 5.97 Å². The van der Waals surface area contributed by atoms with E-state index in [1.807, 2.05) is 0 Å². The SMILES string of the molecule is CCC1(CC)CCN(Cc2oncc2C(=O)O)C1. The van der Waals surface area contributed by atoms with Gasteiger partial charge in [0.25, 0.3) is 0 Å². The smallest absolute Gasteiger partial charge is 0.341 e. The first-order valence-electron chi connectivity index (χ1n) is 6.49. The third-order valence-electron chi connectivity index (χ3n) is 4.26. The molecule has 0 saturated carbocycles. The van der Waals surface area contributed by atoms with Crippen molar-refractivity contribution in [2.45, 2.75) is 39.7 Å². The van der Waals surface area contributed by atoms with Crippen LogP contribution in [0.1, 0.15) is 49.2 Å². The van der Waals surface area contributed by atoms with Gasteiger partial charge < -0.3 is 9.63 Å². The first kappa shape index (κ1) is 13.1. The fourth-order valence-electron chi connectivity index (χ4n) is 2.75. The highest BCUT2D eigenvalue weighted by atomic mass is 16.5. The zero-order valence-corrected chi connectivity index (χ0v) is 11.0. The zero-order valence-electron chi connectivity index (χ0n) is 11.0. The molecule has 1 N–H and O–H groups in total. The van der Waals surface area contributed by atoms with E-state index in [4.69, 9.17) is 9.63 Å². The summed E-state index contributed by atoms with van der Waals surface area (Å²) in [5, 5.41) is 12.6. The Labute approximate surface area is 107 Å². The van der Waals surface area contributed by atoms with Crippen molar-refractivity contribution < 1.29 is 14.4 Å². The van der Waals surface area contributed by atoms with Crippen LogP contribution in [-0.4, -0.2) is 34.2 Å². The van der Waals surface area contributed by atoms with Crippen molar-refractivity contribution >= 4 is 5.97 Å². The molecule has 0 radical (unpaired) electrons. The molecule has 1 fully saturated rings. The Morgan fingerprint density at radius 1 is 1.56 bits per heavy atom. The summed E-state index contributed by atoms with van der Waals surface area (Å²) in [6.45, 7) is 7.01. The normalized spacial score (nSPS) is 19.2. The second-order valence-electron chi connectivity index (χ2n) is 5.14. The summed E-state index contributed by atoms with van der Waals surface area (Å²) < 4.78 is 5.05. The van der Waals surface area contributed by atoms with Crippen LogP contribution in [0.5, 0.6) is 0 Å². The predicted octanol–water partition coefficient (Wildman–Crippen LogP) is 2.38. The van der Waals surface area contributed by atoms with E-state index in [0.29, 0.717) is 17.7 Å². The van der Waals surface area contributed by atoms with Crippen molar-refractivity contribution in [3.8, 4) is 0 Å². The summed E-state index contributed by atoms with van der Waals surface area (Å²) in [5.41, 5.74) is 0.573. The lowest BCUT2D eigenvalue weighted by Gasteiger charge is -2.26. The summed E-state index contributed by atoms with van der Waals surface area (Å²) in [6.07, 6.45) is 4.79. The molecular formula is C13H20N2O3. The largest absolute Gasteiger partial charge is 0.478 e. The second kappa shape index (κ2) is 5.10. The lowest BCUT2D eigenvalue weighted by Crippen LogP contribution is -2.26. The Balaban J connectivity index is 2.03. The Morgan fingerprint density at radius 3 is 2.83 bits per heavy atom. The van der Waals surface area contributed by atoms with Gasteiger partial charge in [0.2, 0.25) is 0 Å². The fourth-order valence-corrected chi connectivity index (χ4v) is 2.75. The van der Waals surface area contributed by atoms with Crippen molar-refractivity contribution in [3.05, 3.63) is 17.5 Å². The van der Waals surface area contributed by atoms with Crippen LogP contribution in [0, 0.1) is 5.41 Å². The number of rotatable bonds is 5. The Morgan fingerprint density at radius 2 is 2.28 bits per heavy atom. The number of carboxylic acids is 1. The lowest BCUT2D eigenvalue weighted by molar-refractivity contribution is 0.0692. The topological polar surface area (TPSA) is 66.6 Å². The van der Waals surface area contributed by atoms with E-state index in [9.17, 15) is 4.79 Å². The minimum absolute atomic E-state index is 0.181. The second-order valence-corrected chi connectivity index (χ2v) is 5.14. The van der Waals surface area contributed by atoms with Gasteiger partial charge >= 0.3 is 5.97 Å². The van der Waals surface area contributed by atoms with Crippen LogP contribution >= 0.6 is 0 Å². The Kier molecular flexibility index (Phi) is 3.71. The molecule has 0 amide bonds. The zero-order chi connectivity index (χ0) is 13.2. The standard InChI is InChI=1S/C13H20N2O3/c1-3-13(4-2)5-6-15(9-13)8-11-10(12(16)17)7-14-18-11/h7H,3-6,8-9H2,1-2H3,(H,16,17). The van der Waals surface area contributed by atoms with Crippen LogP contribution in [0.4, 0.5) is 0 Å². The number of nitrogens with zero attached hydrogens (tertiary/aromatic N) is 2. The molecule has 18 heavy (non-hydrogen) atoms. The molecule has 0 bridgehead atoms. The number of carbonyl (C=O) groups is 1. The first-order chi connectivity index (χ1) is 8.60. The monoisotopic (exact) mass is 252 g/mol. The summed E-state index contributed by atoms with van der Waals surface area (Å²) in [5.74, 6) is -0.506. The van der Waals surface area contributed by atoms with Gasteiger partial charge in [-0.1, -0.05) is 19.0 Å².